The topological polar surface area (TPSA) is 44.4 Å². The summed E-state index contributed by atoms with van der Waals surface area (Å²) in [6, 6.07) is 10.1. The van der Waals surface area contributed by atoms with Crippen molar-refractivity contribution in [3.8, 4) is 0 Å². The number of carbonyl (C=O) groups excluding carboxylic acids is 1. The van der Waals surface area contributed by atoms with Gasteiger partial charge in [0.05, 0.1) is 6.04 Å². The molecule has 6 heteroatoms. The van der Waals surface area contributed by atoms with Gasteiger partial charge in [-0.05, 0) is 43.2 Å². The largest absolute Gasteiger partial charge is 0.336 e. The Morgan fingerprint density at radius 2 is 1.95 bits per heavy atom. The molecule has 22 heavy (non-hydrogen) atoms. The molecule has 0 radical (unpaired) electrons. The first kappa shape index (κ1) is 16.5. The second kappa shape index (κ2) is 7.91. The summed E-state index contributed by atoms with van der Waals surface area (Å²) >= 11 is 1.67. The molecule has 2 rings (SSSR count). The van der Waals surface area contributed by atoms with Crippen LogP contribution in [0.15, 0.2) is 41.8 Å². The Balaban J connectivity index is 1.80. The van der Waals surface area contributed by atoms with Gasteiger partial charge < -0.3 is 15.5 Å². The summed E-state index contributed by atoms with van der Waals surface area (Å²) in [6.45, 7) is 0.903. The minimum atomic E-state index is -0.280. The maximum Gasteiger partial charge on any atom is 0.315 e. The molecule has 1 aromatic carbocycles. The highest BCUT2D eigenvalue weighted by atomic mass is 32.1. The molecule has 1 aromatic heterocycles. The summed E-state index contributed by atoms with van der Waals surface area (Å²) in [7, 11) is 3.98. The summed E-state index contributed by atoms with van der Waals surface area (Å²) < 4.78 is 12.8. The molecule has 0 bridgehead atoms. The zero-order valence-corrected chi connectivity index (χ0v) is 13.5. The van der Waals surface area contributed by atoms with E-state index in [1.165, 1.54) is 17.0 Å². The van der Waals surface area contributed by atoms with Gasteiger partial charge in [0.15, 0.2) is 0 Å². The number of rotatable bonds is 6. The number of urea groups is 1. The van der Waals surface area contributed by atoms with Crippen molar-refractivity contribution in [2.75, 3.05) is 20.6 Å². The molecular weight excluding hydrogens is 301 g/mol. The quantitative estimate of drug-likeness (QED) is 0.859. The van der Waals surface area contributed by atoms with Gasteiger partial charge in [0.1, 0.15) is 5.82 Å². The van der Waals surface area contributed by atoms with Crippen LogP contribution in [-0.2, 0) is 6.54 Å². The Bertz CT molecular complexity index is 584. The van der Waals surface area contributed by atoms with Crippen LogP contribution in [0, 0.1) is 5.82 Å². The van der Waals surface area contributed by atoms with Gasteiger partial charge in [-0.2, -0.15) is 0 Å². The lowest BCUT2D eigenvalue weighted by atomic mass is 10.2. The first-order valence-corrected chi connectivity index (χ1v) is 7.90. The van der Waals surface area contributed by atoms with Crippen LogP contribution < -0.4 is 10.6 Å². The SMILES string of the molecule is CN(C)C(CNC(=O)NCc1ccc(F)cc1)c1cccs1. The van der Waals surface area contributed by atoms with Crippen LogP contribution in [0.4, 0.5) is 9.18 Å². The monoisotopic (exact) mass is 321 g/mol. The van der Waals surface area contributed by atoms with Gasteiger partial charge in [-0.1, -0.05) is 18.2 Å². The van der Waals surface area contributed by atoms with Crippen molar-refractivity contribution in [2.45, 2.75) is 12.6 Å². The van der Waals surface area contributed by atoms with Crippen LogP contribution in [0.1, 0.15) is 16.5 Å². The predicted octanol–water partition coefficient (Wildman–Crippen LogP) is 2.99. The highest BCUT2D eigenvalue weighted by Gasteiger charge is 2.15. The summed E-state index contributed by atoms with van der Waals surface area (Å²) in [6.07, 6.45) is 0. The van der Waals surface area contributed by atoms with E-state index in [1.807, 2.05) is 25.5 Å². The standard InChI is InChI=1S/C16H20FN3OS/c1-20(2)14(15-4-3-9-22-15)11-19-16(21)18-10-12-5-7-13(17)8-6-12/h3-9,14H,10-11H2,1-2H3,(H2,18,19,21). The lowest BCUT2D eigenvalue weighted by molar-refractivity contribution is 0.233. The van der Waals surface area contributed by atoms with Gasteiger partial charge in [0.25, 0.3) is 0 Å². The molecule has 0 saturated heterocycles. The smallest absolute Gasteiger partial charge is 0.315 e. The number of hydrogen-bond acceptors (Lipinski definition) is 3. The van der Waals surface area contributed by atoms with Crippen LogP contribution in [0.2, 0.25) is 0 Å². The molecule has 0 aliphatic heterocycles. The number of thiophene rings is 1. The Hall–Kier alpha value is -1.92. The minimum absolute atomic E-state index is 0.150. The maximum atomic E-state index is 12.8. The molecule has 2 amide bonds. The van der Waals surface area contributed by atoms with E-state index in [0.717, 1.165) is 5.56 Å². The number of carbonyl (C=O) groups is 1. The Morgan fingerprint density at radius 1 is 1.23 bits per heavy atom. The molecule has 0 saturated carbocycles. The third-order valence-electron chi connectivity index (χ3n) is 3.32. The summed E-state index contributed by atoms with van der Waals surface area (Å²) in [5.41, 5.74) is 0.860. The van der Waals surface area contributed by atoms with E-state index >= 15 is 0 Å². The number of likely N-dealkylation sites (N-methyl/N-ethyl adjacent to an activating group) is 1. The number of benzene rings is 1. The molecule has 2 aromatic rings. The van der Waals surface area contributed by atoms with Crippen molar-refractivity contribution in [1.29, 1.82) is 0 Å². The fourth-order valence-electron chi connectivity index (χ4n) is 2.05. The third-order valence-corrected chi connectivity index (χ3v) is 4.29. The first-order chi connectivity index (χ1) is 10.6. The molecular formula is C16H20FN3OS. The molecule has 1 heterocycles. The van der Waals surface area contributed by atoms with Crippen LogP contribution in [0.5, 0.6) is 0 Å². The summed E-state index contributed by atoms with van der Waals surface area (Å²) in [4.78, 5) is 15.2. The van der Waals surface area contributed by atoms with Gasteiger partial charge in [-0.15, -0.1) is 11.3 Å². The van der Waals surface area contributed by atoms with Gasteiger partial charge in [-0.25, -0.2) is 9.18 Å². The predicted molar refractivity (Wildman–Crippen MR) is 87.4 cm³/mol. The maximum absolute atomic E-state index is 12.8. The van der Waals surface area contributed by atoms with E-state index in [1.54, 1.807) is 23.5 Å². The molecule has 0 aliphatic rings. The minimum Gasteiger partial charge on any atom is -0.336 e. The molecule has 118 valence electrons. The number of nitrogens with zero attached hydrogens (tertiary/aromatic N) is 1. The van der Waals surface area contributed by atoms with Crippen molar-refractivity contribution in [3.05, 3.63) is 58.0 Å². The molecule has 2 N–H and O–H groups in total. The van der Waals surface area contributed by atoms with Crippen LogP contribution >= 0.6 is 11.3 Å². The second-order valence-corrected chi connectivity index (χ2v) is 6.16. The van der Waals surface area contributed by atoms with E-state index in [0.29, 0.717) is 13.1 Å². The van der Waals surface area contributed by atoms with Gasteiger partial charge in [0.2, 0.25) is 0 Å². The molecule has 1 atom stereocenters. The lowest BCUT2D eigenvalue weighted by Crippen LogP contribution is -2.40. The van der Waals surface area contributed by atoms with E-state index in [4.69, 9.17) is 0 Å². The van der Waals surface area contributed by atoms with E-state index in [9.17, 15) is 9.18 Å². The fraction of sp³-hybridized carbons (Fsp3) is 0.312. The Morgan fingerprint density at radius 3 is 2.55 bits per heavy atom. The molecule has 0 spiro atoms. The first-order valence-electron chi connectivity index (χ1n) is 7.02. The lowest BCUT2D eigenvalue weighted by Gasteiger charge is -2.23. The van der Waals surface area contributed by atoms with Crippen molar-refractivity contribution in [3.63, 3.8) is 0 Å². The molecule has 1 unspecified atom stereocenters. The molecule has 4 nitrogen and oxygen atoms in total. The van der Waals surface area contributed by atoms with Crippen molar-refractivity contribution in [2.24, 2.45) is 0 Å². The van der Waals surface area contributed by atoms with E-state index in [2.05, 4.69) is 21.6 Å². The van der Waals surface area contributed by atoms with Crippen molar-refractivity contribution in [1.82, 2.24) is 15.5 Å². The highest BCUT2D eigenvalue weighted by Crippen LogP contribution is 2.22. The van der Waals surface area contributed by atoms with Gasteiger partial charge in [0, 0.05) is 18.0 Å². The van der Waals surface area contributed by atoms with Crippen LogP contribution in [-0.4, -0.2) is 31.6 Å². The second-order valence-electron chi connectivity index (χ2n) is 5.18. The van der Waals surface area contributed by atoms with Crippen molar-refractivity contribution < 1.29 is 9.18 Å². The molecule has 0 aliphatic carbocycles. The van der Waals surface area contributed by atoms with Crippen LogP contribution in [0.25, 0.3) is 0 Å². The Labute approximate surface area is 134 Å². The average Bonchev–Trinajstić information content (AvgIpc) is 3.00. The average molecular weight is 321 g/mol. The fourth-order valence-corrected chi connectivity index (χ4v) is 2.98. The Kier molecular flexibility index (Phi) is 5.91. The molecule has 0 fully saturated rings. The normalized spacial score (nSPS) is 12.2. The number of hydrogen-bond donors (Lipinski definition) is 2. The number of amides is 2. The van der Waals surface area contributed by atoms with Gasteiger partial charge >= 0.3 is 6.03 Å². The van der Waals surface area contributed by atoms with E-state index in [-0.39, 0.29) is 17.9 Å². The van der Waals surface area contributed by atoms with E-state index < -0.39 is 0 Å². The number of nitrogens with one attached hydrogen (secondary N) is 2. The highest BCUT2D eigenvalue weighted by molar-refractivity contribution is 7.10. The zero-order chi connectivity index (χ0) is 15.9. The summed E-state index contributed by atoms with van der Waals surface area (Å²) in [5, 5.41) is 7.67. The summed E-state index contributed by atoms with van der Waals surface area (Å²) in [5.74, 6) is -0.280. The third kappa shape index (κ3) is 4.82. The van der Waals surface area contributed by atoms with Crippen molar-refractivity contribution >= 4 is 17.4 Å². The zero-order valence-electron chi connectivity index (χ0n) is 12.7. The van der Waals surface area contributed by atoms with Crippen LogP contribution in [0.3, 0.4) is 0 Å². The number of halogens is 1. The van der Waals surface area contributed by atoms with Gasteiger partial charge in [-0.3, -0.25) is 0 Å².